The van der Waals surface area contributed by atoms with Gasteiger partial charge in [0.15, 0.2) is 5.82 Å². The molecule has 1 saturated heterocycles. The predicted octanol–water partition coefficient (Wildman–Crippen LogP) is 1.37. The average Bonchev–Trinajstić information content (AvgIpc) is 2.86. The van der Waals surface area contributed by atoms with E-state index in [4.69, 9.17) is 10.7 Å². The van der Waals surface area contributed by atoms with Gasteiger partial charge < -0.3 is 19.9 Å². The van der Waals surface area contributed by atoms with Gasteiger partial charge in [0.2, 0.25) is 0 Å². The second-order valence-electron chi connectivity index (χ2n) is 5.91. The molecule has 0 saturated carbocycles. The summed E-state index contributed by atoms with van der Waals surface area (Å²) in [6.45, 7) is 9.73. The first kappa shape index (κ1) is 14.4. The van der Waals surface area contributed by atoms with Crippen LogP contribution >= 0.6 is 0 Å². The first-order valence-corrected chi connectivity index (χ1v) is 7.88. The molecule has 3 rings (SSSR count). The van der Waals surface area contributed by atoms with Crippen LogP contribution in [0.4, 0.5) is 5.82 Å². The number of nitrogens with two attached hydrogens (primary N) is 1. The van der Waals surface area contributed by atoms with E-state index in [1.54, 1.807) is 0 Å². The Morgan fingerprint density at radius 1 is 1.24 bits per heavy atom. The average molecular weight is 287 g/mol. The molecule has 0 bridgehead atoms. The summed E-state index contributed by atoms with van der Waals surface area (Å²) < 4.78 is 2.19. The molecule has 3 heterocycles. The molecule has 0 amide bonds. The zero-order chi connectivity index (χ0) is 14.8. The number of pyridine rings is 1. The van der Waals surface area contributed by atoms with Crippen LogP contribution in [-0.2, 0) is 6.42 Å². The molecule has 5 heteroatoms. The zero-order valence-electron chi connectivity index (χ0n) is 13.0. The van der Waals surface area contributed by atoms with Gasteiger partial charge in [-0.2, -0.15) is 0 Å². The smallest absolute Gasteiger partial charge is 0.151 e. The van der Waals surface area contributed by atoms with Crippen LogP contribution in [0.1, 0.15) is 19.5 Å². The minimum atomic E-state index is 0.140. The maximum atomic E-state index is 6.05. The summed E-state index contributed by atoms with van der Waals surface area (Å²) in [5.41, 5.74) is 8.30. The van der Waals surface area contributed by atoms with Crippen molar-refractivity contribution < 1.29 is 0 Å². The van der Waals surface area contributed by atoms with Crippen molar-refractivity contribution in [3.8, 4) is 0 Å². The molecule has 0 spiro atoms. The third-order valence-electron chi connectivity index (χ3n) is 4.24. The number of likely N-dealkylation sites (N-methyl/N-ethyl adjacent to an activating group) is 1. The van der Waals surface area contributed by atoms with Gasteiger partial charge in [-0.15, -0.1) is 0 Å². The number of hydrogen-bond donors (Lipinski definition) is 1. The quantitative estimate of drug-likeness (QED) is 0.922. The van der Waals surface area contributed by atoms with Crippen molar-refractivity contribution >= 4 is 11.5 Å². The van der Waals surface area contributed by atoms with E-state index in [-0.39, 0.29) is 6.04 Å². The van der Waals surface area contributed by atoms with Crippen molar-refractivity contribution in [3.05, 3.63) is 30.1 Å². The molecular formula is C16H25N5. The number of aromatic nitrogens is 2. The maximum absolute atomic E-state index is 6.05. The summed E-state index contributed by atoms with van der Waals surface area (Å²) in [6, 6.07) is 6.30. The number of piperazine rings is 1. The SMILES string of the molecule is CCN1CCN(c2nc3ccccn3c2CC(C)N)CC1. The monoisotopic (exact) mass is 287 g/mol. The van der Waals surface area contributed by atoms with Gasteiger partial charge in [-0.25, -0.2) is 4.98 Å². The third-order valence-corrected chi connectivity index (χ3v) is 4.24. The fraction of sp³-hybridized carbons (Fsp3) is 0.562. The van der Waals surface area contributed by atoms with Crippen molar-refractivity contribution in [2.75, 3.05) is 37.6 Å². The van der Waals surface area contributed by atoms with Crippen molar-refractivity contribution in [1.82, 2.24) is 14.3 Å². The second kappa shape index (κ2) is 6.03. The van der Waals surface area contributed by atoms with E-state index in [9.17, 15) is 0 Å². The third kappa shape index (κ3) is 2.89. The molecule has 5 nitrogen and oxygen atoms in total. The predicted molar refractivity (Wildman–Crippen MR) is 86.9 cm³/mol. The molecule has 1 aliphatic rings. The van der Waals surface area contributed by atoms with E-state index in [0.29, 0.717) is 0 Å². The summed E-state index contributed by atoms with van der Waals surface area (Å²) in [5, 5.41) is 0. The minimum absolute atomic E-state index is 0.140. The molecule has 0 radical (unpaired) electrons. The first-order chi connectivity index (χ1) is 10.2. The lowest BCUT2D eigenvalue weighted by atomic mass is 10.2. The van der Waals surface area contributed by atoms with E-state index in [2.05, 4.69) is 46.4 Å². The highest BCUT2D eigenvalue weighted by atomic mass is 15.3. The fourth-order valence-corrected chi connectivity index (χ4v) is 3.06. The van der Waals surface area contributed by atoms with Gasteiger partial charge >= 0.3 is 0 Å². The van der Waals surface area contributed by atoms with E-state index in [0.717, 1.165) is 50.6 Å². The van der Waals surface area contributed by atoms with E-state index < -0.39 is 0 Å². The van der Waals surface area contributed by atoms with Gasteiger partial charge in [-0.1, -0.05) is 13.0 Å². The molecule has 1 aliphatic heterocycles. The number of nitrogens with zero attached hydrogens (tertiary/aromatic N) is 4. The summed E-state index contributed by atoms with van der Waals surface area (Å²) in [4.78, 5) is 9.75. The van der Waals surface area contributed by atoms with Crippen molar-refractivity contribution in [2.24, 2.45) is 5.73 Å². The van der Waals surface area contributed by atoms with Gasteiger partial charge in [-0.3, -0.25) is 0 Å². The summed E-state index contributed by atoms with van der Waals surface area (Å²) in [5.74, 6) is 1.12. The fourth-order valence-electron chi connectivity index (χ4n) is 3.06. The molecule has 0 aromatic carbocycles. The highest BCUT2D eigenvalue weighted by Gasteiger charge is 2.22. The van der Waals surface area contributed by atoms with Gasteiger partial charge in [0.1, 0.15) is 5.65 Å². The van der Waals surface area contributed by atoms with Crippen LogP contribution in [-0.4, -0.2) is 53.1 Å². The maximum Gasteiger partial charge on any atom is 0.151 e. The van der Waals surface area contributed by atoms with Crippen molar-refractivity contribution in [1.29, 1.82) is 0 Å². The molecule has 2 aromatic rings. The Kier molecular flexibility index (Phi) is 4.12. The molecule has 0 aliphatic carbocycles. The highest BCUT2D eigenvalue weighted by Crippen LogP contribution is 2.24. The normalized spacial score (nSPS) is 18.3. The first-order valence-electron chi connectivity index (χ1n) is 7.88. The molecule has 1 atom stereocenters. The van der Waals surface area contributed by atoms with Crippen LogP contribution in [0, 0.1) is 0 Å². The number of rotatable bonds is 4. The number of anilines is 1. The molecule has 2 N–H and O–H groups in total. The number of fused-ring (bicyclic) bond motifs is 1. The van der Waals surface area contributed by atoms with Crippen LogP contribution in [0.3, 0.4) is 0 Å². The summed E-state index contributed by atoms with van der Waals surface area (Å²) in [7, 11) is 0. The molecule has 2 aromatic heterocycles. The Morgan fingerprint density at radius 2 is 2.00 bits per heavy atom. The lowest BCUT2D eigenvalue weighted by molar-refractivity contribution is 0.270. The zero-order valence-corrected chi connectivity index (χ0v) is 13.0. The number of hydrogen-bond acceptors (Lipinski definition) is 4. The van der Waals surface area contributed by atoms with Crippen LogP contribution in [0.2, 0.25) is 0 Å². The molecule has 21 heavy (non-hydrogen) atoms. The highest BCUT2D eigenvalue weighted by molar-refractivity contribution is 5.56. The standard InChI is InChI=1S/C16H25N5/c1-3-19-8-10-20(11-9-19)16-14(12-13(2)17)21-7-5-4-6-15(21)18-16/h4-7,13H,3,8-12,17H2,1-2H3. The van der Waals surface area contributed by atoms with E-state index in [1.807, 2.05) is 6.07 Å². The van der Waals surface area contributed by atoms with Crippen molar-refractivity contribution in [2.45, 2.75) is 26.3 Å². The van der Waals surface area contributed by atoms with Crippen molar-refractivity contribution in [3.63, 3.8) is 0 Å². The molecule has 1 fully saturated rings. The molecule has 114 valence electrons. The topological polar surface area (TPSA) is 49.8 Å². The Bertz CT molecular complexity index is 596. The summed E-state index contributed by atoms with van der Waals surface area (Å²) >= 11 is 0. The molecular weight excluding hydrogens is 262 g/mol. The largest absolute Gasteiger partial charge is 0.353 e. The minimum Gasteiger partial charge on any atom is -0.353 e. The summed E-state index contributed by atoms with van der Waals surface area (Å²) in [6.07, 6.45) is 2.94. The molecule has 1 unspecified atom stereocenters. The Morgan fingerprint density at radius 3 is 2.67 bits per heavy atom. The van der Waals surface area contributed by atoms with Gasteiger partial charge in [-0.05, 0) is 25.6 Å². The second-order valence-corrected chi connectivity index (χ2v) is 5.91. The van der Waals surface area contributed by atoms with Crippen LogP contribution in [0.25, 0.3) is 5.65 Å². The van der Waals surface area contributed by atoms with Gasteiger partial charge in [0, 0.05) is 44.8 Å². The van der Waals surface area contributed by atoms with Gasteiger partial charge in [0.25, 0.3) is 0 Å². The lowest BCUT2D eigenvalue weighted by Crippen LogP contribution is -2.46. The lowest BCUT2D eigenvalue weighted by Gasteiger charge is -2.34. The van der Waals surface area contributed by atoms with Gasteiger partial charge in [0.05, 0.1) is 5.69 Å². The Balaban J connectivity index is 1.93. The Labute approximate surface area is 126 Å². The van der Waals surface area contributed by atoms with Crippen LogP contribution in [0.15, 0.2) is 24.4 Å². The van der Waals surface area contributed by atoms with Crippen LogP contribution in [0.5, 0.6) is 0 Å². The van der Waals surface area contributed by atoms with E-state index in [1.165, 1.54) is 5.69 Å². The Hall–Kier alpha value is -1.59. The van der Waals surface area contributed by atoms with E-state index >= 15 is 0 Å². The number of imidazole rings is 1. The van der Waals surface area contributed by atoms with Crippen LogP contribution < -0.4 is 10.6 Å².